The van der Waals surface area contributed by atoms with Crippen LogP contribution in [0.5, 0.6) is 5.75 Å². The molecule has 1 aromatic carbocycles. The van der Waals surface area contributed by atoms with Gasteiger partial charge in [0.15, 0.2) is 23.6 Å². The fraction of sp³-hybridized carbons (Fsp3) is 0.143. The first-order valence-corrected chi connectivity index (χ1v) is 5.73. The second-order valence-corrected chi connectivity index (χ2v) is 4.02. The molecular weight excluding hydrogens is 246 g/mol. The molecule has 0 radical (unpaired) electrons. The van der Waals surface area contributed by atoms with Crippen molar-refractivity contribution in [2.24, 2.45) is 0 Å². The van der Waals surface area contributed by atoms with Crippen LogP contribution in [0.25, 0.3) is 22.6 Å². The van der Waals surface area contributed by atoms with E-state index in [0.717, 1.165) is 0 Å². The van der Waals surface area contributed by atoms with E-state index in [2.05, 4.69) is 4.98 Å². The van der Waals surface area contributed by atoms with Gasteiger partial charge in [-0.15, -0.1) is 0 Å². The molecule has 0 amide bonds. The summed E-state index contributed by atoms with van der Waals surface area (Å²) in [5.41, 5.74) is 1.81. The fourth-order valence-corrected chi connectivity index (χ4v) is 1.80. The van der Waals surface area contributed by atoms with E-state index in [1.165, 1.54) is 12.1 Å². The molecule has 96 valence electrons. The third-order valence-corrected chi connectivity index (χ3v) is 2.67. The number of hydrogen-bond donors (Lipinski definition) is 0. The van der Waals surface area contributed by atoms with Crippen molar-refractivity contribution in [2.45, 2.75) is 0 Å². The first kappa shape index (κ1) is 11.7. The molecule has 1 aromatic rings. The van der Waals surface area contributed by atoms with Gasteiger partial charge < -0.3 is 13.9 Å². The quantitative estimate of drug-likeness (QED) is 0.532. The molecule has 5 heteroatoms. The third kappa shape index (κ3) is 2.28. The molecule has 0 saturated heterocycles. The lowest BCUT2D eigenvalue weighted by Crippen LogP contribution is -2.00. The largest absolute Gasteiger partial charge is 0.467 e. The maximum atomic E-state index is 11.3. The number of benzene rings is 2. The molecule has 0 N–H and O–H groups in total. The van der Waals surface area contributed by atoms with E-state index in [4.69, 9.17) is 13.9 Å². The SMILES string of the molecule is COCOc1ccc2nc3ccc(=O)cc-3oc2c1. The zero-order valence-electron chi connectivity index (χ0n) is 10.3. The summed E-state index contributed by atoms with van der Waals surface area (Å²) >= 11 is 0. The average Bonchev–Trinajstić information content (AvgIpc) is 2.42. The topological polar surface area (TPSA) is 61.6 Å². The number of fused-ring (bicyclic) bond motifs is 2. The highest BCUT2D eigenvalue weighted by Gasteiger charge is 2.09. The number of hydrogen-bond acceptors (Lipinski definition) is 5. The molecule has 0 spiro atoms. The summed E-state index contributed by atoms with van der Waals surface area (Å²) in [6.45, 7) is 0.164. The van der Waals surface area contributed by atoms with Crippen molar-refractivity contribution in [3.63, 3.8) is 0 Å². The van der Waals surface area contributed by atoms with Crippen LogP contribution in [0.1, 0.15) is 0 Å². The van der Waals surface area contributed by atoms with E-state index in [1.807, 2.05) is 0 Å². The van der Waals surface area contributed by atoms with Gasteiger partial charge in [-0.1, -0.05) is 0 Å². The Labute approximate surface area is 108 Å². The van der Waals surface area contributed by atoms with Crippen molar-refractivity contribution in [1.29, 1.82) is 0 Å². The van der Waals surface area contributed by atoms with Gasteiger partial charge in [0, 0.05) is 19.2 Å². The summed E-state index contributed by atoms with van der Waals surface area (Å²) in [6, 6.07) is 9.84. The molecule has 1 aliphatic carbocycles. The molecule has 0 saturated carbocycles. The predicted octanol–water partition coefficient (Wildman–Crippen LogP) is 2.28. The van der Waals surface area contributed by atoms with Crippen molar-refractivity contribution in [1.82, 2.24) is 4.98 Å². The van der Waals surface area contributed by atoms with E-state index in [1.54, 1.807) is 31.4 Å². The van der Waals surface area contributed by atoms with Crippen molar-refractivity contribution in [2.75, 3.05) is 13.9 Å². The summed E-state index contributed by atoms with van der Waals surface area (Å²) in [6.07, 6.45) is 0. The lowest BCUT2D eigenvalue weighted by molar-refractivity contribution is 0.0512. The van der Waals surface area contributed by atoms with Crippen LogP contribution in [0.15, 0.2) is 45.6 Å². The molecule has 5 nitrogen and oxygen atoms in total. The van der Waals surface area contributed by atoms with E-state index < -0.39 is 0 Å². The van der Waals surface area contributed by atoms with Crippen LogP contribution in [0.2, 0.25) is 0 Å². The van der Waals surface area contributed by atoms with Crippen molar-refractivity contribution in [3.05, 3.63) is 46.6 Å². The van der Waals surface area contributed by atoms with Crippen LogP contribution in [-0.2, 0) is 4.74 Å². The molecule has 0 fully saturated rings. The van der Waals surface area contributed by atoms with Gasteiger partial charge in [0.05, 0.1) is 0 Å². The standard InChI is InChI=1S/C14H11NO4/c1-17-8-18-10-3-5-12-14(7-10)19-13-6-9(16)2-4-11(13)15-12/h2-7H,8H2,1H3. The first-order valence-electron chi connectivity index (χ1n) is 5.73. The molecule has 0 aromatic heterocycles. The van der Waals surface area contributed by atoms with Gasteiger partial charge in [-0.3, -0.25) is 4.79 Å². The van der Waals surface area contributed by atoms with Crippen LogP contribution in [-0.4, -0.2) is 18.9 Å². The summed E-state index contributed by atoms with van der Waals surface area (Å²) in [5, 5.41) is 0. The van der Waals surface area contributed by atoms with Gasteiger partial charge in [0.1, 0.15) is 17.0 Å². The lowest BCUT2D eigenvalue weighted by atomic mass is 10.2. The first-order chi connectivity index (χ1) is 9.26. The Morgan fingerprint density at radius 1 is 1.21 bits per heavy atom. The minimum absolute atomic E-state index is 0.107. The maximum Gasteiger partial charge on any atom is 0.188 e. The van der Waals surface area contributed by atoms with E-state index >= 15 is 0 Å². The number of aromatic nitrogens is 1. The Bertz CT molecular complexity index is 750. The second-order valence-electron chi connectivity index (χ2n) is 4.02. The number of methoxy groups -OCH3 is 1. The van der Waals surface area contributed by atoms with Gasteiger partial charge >= 0.3 is 0 Å². The normalized spacial score (nSPS) is 11.0. The molecule has 0 unspecified atom stereocenters. The van der Waals surface area contributed by atoms with Crippen molar-refractivity contribution >= 4 is 11.1 Å². The van der Waals surface area contributed by atoms with Crippen molar-refractivity contribution in [3.8, 4) is 17.2 Å². The predicted molar refractivity (Wildman–Crippen MR) is 69.4 cm³/mol. The van der Waals surface area contributed by atoms with Gasteiger partial charge in [-0.05, 0) is 24.3 Å². The molecule has 3 rings (SSSR count). The molecular formula is C14H11NO4. The van der Waals surface area contributed by atoms with Crippen LogP contribution >= 0.6 is 0 Å². The Morgan fingerprint density at radius 3 is 2.95 bits per heavy atom. The zero-order chi connectivity index (χ0) is 13.2. The summed E-state index contributed by atoms with van der Waals surface area (Å²) < 4.78 is 15.8. The Hall–Kier alpha value is -2.40. The van der Waals surface area contributed by atoms with Crippen LogP contribution < -0.4 is 10.2 Å². The molecule has 1 aliphatic heterocycles. The van der Waals surface area contributed by atoms with Gasteiger partial charge in [0.2, 0.25) is 0 Å². The minimum atomic E-state index is -0.107. The number of ether oxygens (including phenoxy) is 2. The van der Waals surface area contributed by atoms with E-state index in [9.17, 15) is 4.79 Å². The molecule has 2 aliphatic rings. The van der Waals surface area contributed by atoms with Gasteiger partial charge in [-0.25, -0.2) is 4.98 Å². The average molecular weight is 257 g/mol. The third-order valence-electron chi connectivity index (χ3n) is 2.67. The highest BCUT2D eigenvalue weighted by Crippen LogP contribution is 2.26. The number of rotatable bonds is 3. The van der Waals surface area contributed by atoms with Gasteiger partial charge in [0.25, 0.3) is 0 Å². The maximum absolute atomic E-state index is 11.3. The highest BCUT2D eigenvalue weighted by molar-refractivity contribution is 5.77. The minimum Gasteiger partial charge on any atom is -0.467 e. The summed E-state index contributed by atoms with van der Waals surface area (Å²) in [4.78, 5) is 15.7. The van der Waals surface area contributed by atoms with E-state index in [-0.39, 0.29) is 12.2 Å². The van der Waals surface area contributed by atoms with Crippen LogP contribution in [0.4, 0.5) is 0 Å². The van der Waals surface area contributed by atoms with Crippen LogP contribution in [0, 0.1) is 0 Å². The molecule has 19 heavy (non-hydrogen) atoms. The van der Waals surface area contributed by atoms with E-state index in [0.29, 0.717) is 28.3 Å². The van der Waals surface area contributed by atoms with Gasteiger partial charge in [-0.2, -0.15) is 0 Å². The monoisotopic (exact) mass is 257 g/mol. The second kappa shape index (κ2) is 4.70. The van der Waals surface area contributed by atoms with Crippen molar-refractivity contribution < 1.29 is 13.9 Å². The summed E-state index contributed by atoms with van der Waals surface area (Å²) in [7, 11) is 1.55. The molecule has 0 bridgehead atoms. The Kier molecular flexibility index (Phi) is 2.89. The van der Waals surface area contributed by atoms with Crippen LogP contribution in [0.3, 0.4) is 0 Å². The molecule has 0 atom stereocenters. The lowest BCUT2D eigenvalue weighted by Gasteiger charge is -2.08. The smallest absolute Gasteiger partial charge is 0.188 e. The Balaban J connectivity index is 2.14. The molecule has 1 heterocycles. The zero-order valence-corrected chi connectivity index (χ0v) is 10.3. The highest BCUT2D eigenvalue weighted by atomic mass is 16.7. The fourth-order valence-electron chi connectivity index (χ4n) is 1.80. The summed E-state index contributed by atoms with van der Waals surface area (Å²) in [5.74, 6) is 1.08. The Morgan fingerprint density at radius 2 is 2.11 bits per heavy atom. The number of nitrogens with zero attached hydrogens (tertiary/aromatic N) is 1.